The topological polar surface area (TPSA) is 77.9 Å². The molecular formula is C27H23NO5. The molecule has 0 aliphatic carbocycles. The molecule has 4 rings (SSSR count). The van der Waals surface area contributed by atoms with Gasteiger partial charge in [-0.3, -0.25) is 0 Å². The smallest absolute Gasteiger partial charge is 0.338 e. The average Bonchev–Trinajstić information content (AvgIpc) is 2.86. The zero-order chi connectivity index (χ0) is 23.4. The second-order valence-electron chi connectivity index (χ2n) is 7.23. The van der Waals surface area contributed by atoms with Crippen molar-refractivity contribution in [1.82, 2.24) is 4.98 Å². The summed E-state index contributed by atoms with van der Waals surface area (Å²) in [6.45, 7) is 0. The lowest BCUT2D eigenvalue weighted by molar-refractivity contribution is 0.0697. The third-order valence-electron chi connectivity index (χ3n) is 5.32. The minimum Gasteiger partial charge on any atom is -0.493 e. The first-order valence-electron chi connectivity index (χ1n) is 10.3. The Morgan fingerprint density at radius 1 is 0.848 bits per heavy atom. The number of rotatable bonds is 7. The van der Waals surface area contributed by atoms with Crippen LogP contribution < -0.4 is 14.2 Å². The molecule has 0 unspecified atom stereocenters. The summed E-state index contributed by atoms with van der Waals surface area (Å²) in [5.41, 5.74) is 3.41. The number of benzene rings is 3. The van der Waals surface area contributed by atoms with E-state index >= 15 is 0 Å². The molecule has 166 valence electrons. The third-order valence-corrected chi connectivity index (χ3v) is 5.32. The molecule has 6 heteroatoms. The van der Waals surface area contributed by atoms with Crippen LogP contribution >= 0.6 is 0 Å². The SMILES string of the molecule is COc1cc(/C=C/c2nc3ccccc3c(-c3ccccc3)c2C(=O)O)cc(OC)c1OC. The van der Waals surface area contributed by atoms with Gasteiger partial charge in [-0.25, -0.2) is 9.78 Å². The number of carboxylic acid groups (broad SMARTS) is 1. The van der Waals surface area contributed by atoms with E-state index in [0.717, 1.165) is 16.5 Å². The van der Waals surface area contributed by atoms with Crippen LogP contribution in [0.2, 0.25) is 0 Å². The summed E-state index contributed by atoms with van der Waals surface area (Å²) in [5.74, 6) is 0.452. The van der Waals surface area contributed by atoms with Gasteiger partial charge < -0.3 is 19.3 Å². The normalized spacial score (nSPS) is 11.0. The van der Waals surface area contributed by atoms with E-state index in [4.69, 9.17) is 14.2 Å². The lowest BCUT2D eigenvalue weighted by Crippen LogP contribution is -2.06. The number of hydrogen-bond acceptors (Lipinski definition) is 5. The van der Waals surface area contributed by atoms with Crippen molar-refractivity contribution in [2.24, 2.45) is 0 Å². The summed E-state index contributed by atoms with van der Waals surface area (Å²) in [7, 11) is 4.63. The highest BCUT2D eigenvalue weighted by molar-refractivity contribution is 6.09. The number of methoxy groups -OCH3 is 3. The number of aromatic nitrogens is 1. The Kier molecular flexibility index (Phi) is 6.26. The van der Waals surface area contributed by atoms with E-state index in [9.17, 15) is 9.90 Å². The minimum absolute atomic E-state index is 0.142. The second-order valence-corrected chi connectivity index (χ2v) is 7.23. The molecule has 0 atom stereocenters. The highest BCUT2D eigenvalue weighted by Gasteiger charge is 2.20. The number of nitrogens with zero attached hydrogens (tertiary/aromatic N) is 1. The first-order chi connectivity index (χ1) is 16.1. The largest absolute Gasteiger partial charge is 0.493 e. The Morgan fingerprint density at radius 2 is 1.48 bits per heavy atom. The molecule has 0 radical (unpaired) electrons. The zero-order valence-corrected chi connectivity index (χ0v) is 18.5. The van der Waals surface area contributed by atoms with Crippen LogP contribution in [0.4, 0.5) is 0 Å². The molecule has 0 amide bonds. The minimum atomic E-state index is -1.04. The Balaban J connectivity index is 1.93. The molecule has 1 aromatic heterocycles. The number of hydrogen-bond donors (Lipinski definition) is 1. The molecule has 4 aromatic rings. The maximum Gasteiger partial charge on any atom is 0.338 e. The first kappa shape index (κ1) is 21.9. The van der Waals surface area contributed by atoms with Crippen LogP contribution in [-0.2, 0) is 0 Å². The molecular weight excluding hydrogens is 418 g/mol. The summed E-state index contributed by atoms with van der Waals surface area (Å²) in [6, 6.07) is 20.6. The highest BCUT2D eigenvalue weighted by Crippen LogP contribution is 2.39. The van der Waals surface area contributed by atoms with Crippen molar-refractivity contribution in [3.8, 4) is 28.4 Å². The molecule has 3 aromatic carbocycles. The summed E-state index contributed by atoms with van der Waals surface area (Å²) >= 11 is 0. The van der Waals surface area contributed by atoms with E-state index in [1.165, 1.54) is 0 Å². The first-order valence-corrected chi connectivity index (χ1v) is 10.3. The number of para-hydroxylation sites is 1. The fourth-order valence-corrected chi connectivity index (χ4v) is 3.85. The van der Waals surface area contributed by atoms with Crippen LogP contribution in [0.5, 0.6) is 17.2 Å². The number of pyridine rings is 1. The predicted molar refractivity (Wildman–Crippen MR) is 129 cm³/mol. The van der Waals surface area contributed by atoms with Crippen molar-refractivity contribution in [2.45, 2.75) is 0 Å². The van der Waals surface area contributed by atoms with Crippen molar-refractivity contribution in [2.75, 3.05) is 21.3 Å². The maximum absolute atomic E-state index is 12.4. The van der Waals surface area contributed by atoms with Crippen LogP contribution in [0.1, 0.15) is 21.6 Å². The van der Waals surface area contributed by atoms with Crippen molar-refractivity contribution in [3.05, 3.63) is 83.6 Å². The van der Waals surface area contributed by atoms with Gasteiger partial charge in [-0.05, 0) is 35.4 Å². The van der Waals surface area contributed by atoms with Gasteiger partial charge in [-0.2, -0.15) is 0 Å². The van der Waals surface area contributed by atoms with E-state index in [2.05, 4.69) is 4.98 Å². The average molecular weight is 441 g/mol. The second kappa shape index (κ2) is 9.44. The molecule has 33 heavy (non-hydrogen) atoms. The lowest BCUT2D eigenvalue weighted by atomic mass is 9.94. The van der Waals surface area contributed by atoms with E-state index < -0.39 is 5.97 Å². The molecule has 0 spiro atoms. The third kappa shape index (κ3) is 4.23. The van der Waals surface area contributed by atoms with Crippen LogP contribution in [0.25, 0.3) is 34.2 Å². The van der Waals surface area contributed by atoms with Gasteiger partial charge in [0.15, 0.2) is 11.5 Å². The standard InChI is InChI=1S/C27H23NO5/c1-31-22-15-17(16-23(32-2)26(22)33-3)13-14-21-25(27(29)30)24(18-9-5-4-6-10-18)19-11-7-8-12-20(19)28-21/h4-16H,1-3H3,(H,29,30)/b14-13+. The number of fused-ring (bicyclic) bond motifs is 1. The van der Waals surface area contributed by atoms with E-state index in [1.54, 1.807) is 45.6 Å². The molecule has 0 saturated carbocycles. The molecule has 0 fully saturated rings. The van der Waals surface area contributed by atoms with E-state index in [1.807, 2.05) is 54.6 Å². The maximum atomic E-state index is 12.4. The predicted octanol–water partition coefficient (Wildman–Crippen LogP) is 5.80. The van der Waals surface area contributed by atoms with Crippen LogP contribution in [0.3, 0.4) is 0 Å². The number of carboxylic acids is 1. The molecule has 1 heterocycles. The Hall–Kier alpha value is -4.32. The Bertz CT molecular complexity index is 1320. The molecule has 0 saturated heterocycles. The monoisotopic (exact) mass is 441 g/mol. The van der Waals surface area contributed by atoms with Gasteiger partial charge in [0.1, 0.15) is 0 Å². The molecule has 1 N–H and O–H groups in total. The van der Waals surface area contributed by atoms with Crippen LogP contribution in [0, 0.1) is 0 Å². The van der Waals surface area contributed by atoms with Gasteiger partial charge >= 0.3 is 5.97 Å². The number of ether oxygens (including phenoxy) is 3. The molecule has 0 aliphatic heterocycles. The number of carbonyl (C=O) groups is 1. The van der Waals surface area contributed by atoms with Crippen molar-refractivity contribution in [1.29, 1.82) is 0 Å². The van der Waals surface area contributed by atoms with Gasteiger partial charge in [0.25, 0.3) is 0 Å². The van der Waals surface area contributed by atoms with E-state index in [0.29, 0.717) is 34.0 Å². The molecule has 0 aliphatic rings. The lowest BCUT2D eigenvalue weighted by Gasteiger charge is -2.14. The summed E-state index contributed by atoms with van der Waals surface area (Å²) in [6.07, 6.45) is 3.48. The van der Waals surface area contributed by atoms with Gasteiger partial charge in [0.2, 0.25) is 5.75 Å². The van der Waals surface area contributed by atoms with Crippen LogP contribution in [0.15, 0.2) is 66.7 Å². The fourth-order valence-electron chi connectivity index (χ4n) is 3.85. The summed E-state index contributed by atoms with van der Waals surface area (Å²) in [4.78, 5) is 17.1. The fraction of sp³-hybridized carbons (Fsp3) is 0.111. The zero-order valence-electron chi connectivity index (χ0n) is 18.5. The van der Waals surface area contributed by atoms with Crippen LogP contribution in [-0.4, -0.2) is 37.4 Å². The molecule has 0 bridgehead atoms. The van der Waals surface area contributed by atoms with E-state index in [-0.39, 0.29) is 5.56 Å². The van der Waals surface area contributed by atoms with Gasteiger partial charge in [0, 0.05) is 10.9 Å². The van der Waals surface area contributed by atoms with Gasteiger partial charge in [-0.15, -0.1) is 0 Å². The Morgan fingerprint density at radius 3 is 2.09 bits per heavy atom. The highest BCUT2D eigenvalue weighted by atomic mass is 16.5. The quantitative estimate of drug-likeness (QED) is 0.391. The summed E-state index contributed by atoms with van der Waals surface area (Å²) < 4.78 is 16.2. The number of aromatic carboxylic acids is 1. The Labute approximate surface area is 191 Å². The van der Waals surface area contributed by atoms with Gasteiger partial charge in [0.05, 0.1) is 38.1 Å². The van der Waals surface area contributed by atoms with Crippen molar-refractivity contribution >= 4 is 29.0 Å². The molecule has 6 nitrogen and oxygen atoms in total. The van der Waals surface area contributed by atoms with Crippen molar-refractivity contribution in [3.63, 3.8) is 0 Å². The van der Waals surface area contributed by atoms with Crippen molar-refractivity contribution < 1.29 is 24.1 Å². The summed E-state index contributed by atoms with van der Waals surface area (Å²) in [5, 5.41) is 11.0. The van der Waals surface area contributed by atoms with Gasteiger partial charge in [-0.1, -0.05) is 54.6 Å².